The molecule has 0 unspecified atom stereocenters. The van der Waals surface area contributed by atoms with Gasteiger partial charge in [-0.25, -0.2) is 0 Å². The average molecular weight is 248 g/mol. The van der Waals surface area contributed by atoms with Gasteiger partial charge in [0.05, 0.1) is 19.9 Å². The monoisotopic (exact) mass is 248 g/mol. The predicted molar refractivity (Wildman–Crippen MR) is 57.9 cm³/mol. The third kappa shape index (κ3) is 3.93. The standard InChI is InChI=1S/C8H12N2O5S/c1-14-7-3-6(4-8(5-7)15-2)9-10-16(11,12)13/h3-5,9-10H,1-2H3,(H,11,12,13). The van der Waals surface area contributed by atoms with Gasteiger partial charge in [0, 0.05) is 18.2 Å². The maximum atomic E-state index is 10.4. The molecule has 0 bridgehead atoms. The van der Waals surface area contributed by atoms with Gasteiger partial charge < -0.3 is 14.9 Å². The van der Waals surface area contributed by atoms with Crippen LogP contribution in [0.1, 0.15) is 0 Å². The summed E-state index contributed by atoms with van der Waals surface area (Å²) in [5, 5.41) is 0. The van der Waals surface area contributed by atoms with Crippen LogP contribution in [-0.4, -0.2) is 27.2 Å². The normalized spacial score (nSPS) is 10.9. The molecular weight excluding hydrogens is 236 g/mol. The van der Waals surface area contributed by atoms with Crippen molar-refractivity contribution in [3.63, 3.8) is 0 Å². The second-order valence-corrected chi connectivity index (χ2v) is 3.96. The SMILES string of the molecule is COc1cc(NNS(=O)(=O)O)cc(OC)c1. The Morgan fingerprint density at radius 3 is 2.00 bits per heavy atom. The predicted octanol–water partition coefficient (Wildman–Crippen LogP) is 0.423. The molecule has 0 fully saturated rings. The van der Waals surface area contributed by atoms with E-state index in [1.54, 1.807) is 10.9 Å². The van der Waals surface area contributed by atoms with Crippen molar-refractivity contribution in [3.05, 3.63) is 18.2 Å². The van der Waals surface area contributed by atoms with E-state index in [0.717, 1.165) is 0 Å². The number of benzene rings is 1. The molecule has 0 aliphatic carbocycles. The third-order valence-electron chi connectivity index (χ3n) is 1.68. The van der Waals surface area contributed by atoms with Crippen molar-refractivity contribution in [2.75, 3.05) is 19.6 Å². The summed E-state index contributed by atoms with van der Waals surface area (Å²) >= 11 is 0. The first kappa shape index (κ1) is 12.6. The van der Waals surface area contributed by atoms with Crippen LogP contribution in [0.4, 0.5) is 5.69 Å². The van der Waals surface area contributed by atoms with Crippen LogP contribution in [0.5, 0.6) is 11.5 Å². The minimum absolute atomic E-state index is 0.369. The van der Waals surface area contributed by atoms with E-state index in [1.165, 1.54) is 26.4 Å². The maximum absolute atomic E-state index is 10.4. The van der Waals surface area contributed by atoms with E-state index in [0.29, 0.717) is 17.2 Å². The largest absolute Gasteiger partial charge is 0.497 e. The number of hydrazine groups is 1. The molecule has 3 N–H and O–H groups in total. The Morgan fingerprint density at radius 1 is 1.12 bits per heavy atom. The summed E-state index contributed by atoms with van der Waals surface area (Å²) in [6.45, 7) is 0. The molecule has 16 heavy (non-hydrogen) atoms. The van der Waals surface area contributed by atoms with Crippen LogP contribution in [0.15, 0.2) is 18.2 Å². The summed E-state index contributed by atoms with van der Waals surface area (Å²) in [4.78, 5) is 1.71. The average Bonchev–Trinajstić information content (AvgIpc) is 2.25. The van der Waals surface area contributed by atoms with Crippen LogP contribution in [0.2, 0.25) is 0 Å². The fourth-order valence-electron chi connectivity index (χ4n) is 1.00. The highest BCUT2D eigenvalue weighted by Crippen LogP contribution is 2.25. The Hall–Kier alpha value is -1.51. The zero-order chi connectivity index (χ0) is 12.2. The van der Waals surface area contributed by atoms with Gasteiger partial charge in [-0.2, -0.15) is 8.42 Å². The number of hydrogen-bond donors (Lipinski definition) is 3. The van der Waals surface area contributed by atoms with Crippen molar-refractivity contribution in [1.82, 2.24) is 4.83 Å². The summed E-state index contributed by atoms with van der Waals surface area (Å²) in [5.41, 5.74) is 2.66. The summed E-state index contributed by atoms with van der Waals surface area (Å²) in [6, 6.07) is 4.68. The lowest BCUT2D eigenvalue weighted by Gasteiger charge is -2.09. The lowest BCUT2D eigenvalue weighted by Crippen LogP contribution is -2.28. The fourth-order valence-corrected chi connectivity index (χ4v) is 1.25. The fraction of sp³-hybridized carbons (Fsp3) is 0.250. The first-order valence-corrected chi connectivity index (χ1v) is 5.62. The summed E-state index contributed by atoms with van der Waals surface area (Å²) in [6.07, 6.45) is 0. The third-order valence-corrected chi connectivity index (χ3v) is 2.04. The molecule has 7 nitrogen and oxygen atoms in total. The Morgan fingerprint density at radius 2 is 1.62 bits per heavy atom. The smallest absolute Gasteiger partial charge is 0.350 e. The highest BCUT2D eigenvalue weighted by molar-refractivity contribution is 7.83. The first-order valence-electron chi connectivity index (χ1n) is 4.18. The van der Waals surface area contributed by atoms with Crippen LogP contribution in [0.3, 0.4) is 0 Å². The highest BCUT2D eigenvalue weighted by atomic mass is 32.2. The minimum Gasteiger partial charge on any atom is -0.497 e. The zero-order valence-corrected chi connectivity index (χ0v) is 9.54. The van der Waals surface area contributed by atoms with Crippen molar-refractivity contribution in [2.45, 2.75) is 0 Å². The van der Waals surface area contributed by atoms with Gasteiger partial charge in [-0.3, -0.25) is 4.55 Å². The molecule has 0 saturated heterocycles. The molecule has 90 valence electrons. The molecule has 0 saturated carbocycles. The maximum Gasteiger partial charge on any atom is 0.350 e. The van der Waals surface area contributed by atoms with Gasteiger partial charge in [0.15, 0.2) is 0 Å². The van der Waals surface area contributed by atoms with Crippen LogP contribution in [0, 0.1) is 0 Å². The van der Waals surface area contributed by atoms with E-state index in [4.69, 9.17) is 14.0 Å². The van der Waals surface area contributed by atoms with Crippen molar-refractivity contribution < 1.29 is 22.4 Å². The van der Waals surface area contributed by atoms with Gasteiger partial charge in [0.1, 0.15) is 11.5 Å². The highest BCUT2D eigenvalue weighted by Gasteiger charge is 2.05. The van der Waals surface area contributed by atoms with E-state index in [2.05, 4.69) is 5.43 Å². The van der Waals surface area contributed by atoms with E-state index < -0.39 is 10.3 Å². The van der Waals surface area contributed by atoms with Crippen LogP contribution >= 0.6 is 0 Å². The Bertz CT molecular complexity index is 437. The quantitative estimate of drug-likeness (QED) is 0.516. The molecule has 1 aromatic rings. The molecule has 0 atom stereocenters. The van der Waals surface area contributed by atoms with Crippen molar-refractivity contribution in [2.24, 2.45) is 0 Å². The van der Waals surface area contributed by atoms with Crippen LogP contribution in [0.25, 0.3) is 0 Å². The molecule has 8 heteroatoms. The number of nitrogens with one attached hydrogen (secondary N) is 2. The molecule has 0 aromatic heterocycles. The second-order valence-electron chi connectivity index (χ2n) is 2.80. The number of anilines is 1. The minimum atomic E-state index is -4.30. The van der Waals surface area contributed by atoms with E-state index in [9.17, 15) is 8.42 Å². The van der Waals surface area contributed by atoms with Gasteiger partial charge in [0.25, 0.3) is 0 Å². The summed E-state index contributed by atoms with van der Waals surface area (Å²) < 4.78 is 39.3. The Labute approximate surface area is 93.2 Å². The number of rotatable bonds is 5. The van der Waals surface area contributed by atoms with Gasteiger partial charge in [-0.15, -0.1) is 4.83 Å². The van der Waals surface area contributed by atoms with Gasteiger partial charge in [0.2, 0.25) is 0 Å². The van der Waals surface area contributed by atoms with E-state index in [-0.39, 0.29) is 0 Å². The molecule has 0 spiro atoms. The van der Waals surface area contributed by atoms with Gasteiger partial charge in [-0.05, 0) is 0 Å². The van der Waals surface area contributed by atoms with Crippen molar-refractivity contribution in [3.8, 4) is 11.5 Å². The summed E-state index contributed by atoms with van der Waals surface area (Å²) in [5.74, 6) is 0.970. The van der Waals surface area contributed by atoms with E-state index >= 15 is 0 Å². The lowest BCUT2D eigenvalue weighted by atomic mass is 10.3. The summed E-state index contributed by atoms with van der Waals surface area (Å²) in [7, 11) is -1.37. The molecule has 1 aromatic carbocycles. The molecule has 0 aliphatic rings. The lowest BCUT2D eigenvalue weighted by molar-refractivity contribution is 0.394. The van der Waals surface area contributed by atoms with Gasteiger partial charge in [-0.1, -0.05) is 0 Å². The van der Waals surface area contributed by atoms with Crippen LogP contribution < -0.4 is 19.7 Å². The molecule has 0 aliphatic heterocycles. The van der Waals surface area contributed by atoms with Gasteiger partial charge >= 0.3 is 10.3 Å². The molecule has 1 rings (SSSR count). The van der Waals surface area contributed by atoms with Crippen molar-refractivity contribution >= 4 is 16.0 Å². The topological polar surface area (TPSA) is 96.9 Å². The first-order chi connectivity index (χ1) is 7.44. The Kier molecular flexibility index (Phi) is 3.93. The molecule has 0 radical (unpaired) electrons. The van der Waals surface area contributed by atoms with Crippen LogP contribution in [-0.2, 0) is 10.3 Å². The molecular formula is C8H12N2O5S. The second kappa shape index (κ2) is 5.01. The molecule has 0 amide bonds. The number of hydrogen-bond acceptors (Lipinski definition) is 5. The number of ether oxygens (including phenoxy) is 2. The zero-order valence-electron chi connectivity index (χ0n) is 8.72. The van der Waals surface area contributed by atoms with Crippen molar-refractivity contribution in [1.29, 1.82) is 0 Å². The number of methoxy groups -OCH3 is 2. The molecule has 0 heterocycles. The Balaban J connectivity index is 2.87. The van der Waals surface area contributed by atoms with E-state index in [1.807, 2.05) is 0 Å².